The van der Waals surface area contributed by atoms with Crippen molar-refractivity contribution in [1.29, 1.82) is 0 Å². The largest absolute Gasteiger partial charge is 0.459 e. The van der Waals surface area contributed by atoms with E-state index in [0.29, 0.717) is 17.2 Å². The van der Waals surface area contributed by atoms with Gasteiger partial charge in [-0.2, -0.15) is 4.68 Å². The summed E-state index contributed by atoms with van der Waals surface area (Å²) < 4.78 is 20.6. The Balaban J connectivity index is 1.47. The van der Waals surface area contributed by atoms with Crippen LogP contribution in [-0.2, 0) is 0 Å². The number of carbonyl (C=O) groups excluding carboxylic acids is 2. The number of aromatic nitrogens is 4. The van der Waals surface area contributed by atoms with Gasteiger partial charge in [0.25, 0.3) is 11.8 Å². The van der Waals surface area contributed by atoms with Gasteiger partial charge in [0, 0.05) is 11.3 Å². The van der Waals surface area contributed by atoms with E-state index in [4.69, 9.17) is 4.42 Å². The van der Waals surface area contributed by atoms with Gasteiger partial charge in [-0.15, -0.1) is 5.10 Å². The molecule has 0 atom stereocenters. The number of nitrogens with zero attached hydrogens (tertiary/aromatic N) is 4. The van der Waals surface area contributed by atoms with Crippen LogP contribution >= 0.6 is 0 Å². The van der Waals surface area contributed by atoms with E-state index in [0.717, 1.165) is 0 Å². The number of nitrogens with one attached hydrogen (secondary N) is 2. The fraction of sp³-hybridized carbons (Fsp3) is 0.0500. The molecule has 0 fully saturated rings. The van der Waals surface area contributed by atoms with Crippen molar-refractivity contribution >= 4 is 23.2 Å². The molecule has 0 aliphatic carbocycles. The van der Waals surface area contributed by atoms with E-state index in [-0.39, 0.29) is 17.0 Å². The molecule has 2 amide bonds. The Bertz CT molecular complexity index is 1200. The molecular formula is C20H15FN6O3. The second kappa shape index (κ2) is 7.95. The van der Waals surface area contributed by atoms with Crippen LogP contribution in [0, 0.1) is 12.7 Å². The van der Waals surface area contributed by atoms with Crippen LogP contribution in [0.25, 0.3) is 5.69 Å². The number of anilines is 2. The molecule has 2 aromatic heterocycles. The summed E-state index contributed by atoms with van der Waals surface area (Å²) in [6.45, 7) is 1.70. The topological polar surface area (TPSA) is 115 Å². The summed E-state index contributed by atoms with van der Waals surface area (Å²) in [6, 6.07) is 13.5. The van der Waals surface area contributed by atoms with Crippen molar-refractivity contribution in [3.05, 3.63) is 83.8 Å². The zero-order valence-corrected chi connectivity index (χ0v) is 15.7. The molecule has 0 aliphatic heterocycles. The first-order chi connectivity index (χ1) is 14.5. The first kappa shape index (κ1) is 19.0. The molecule has 2 heterocycles. The van der Waals surface area contributed by atoms with Gasteiger partial charge in [-0.05, 0) is 71.9 Å². The maximum absolute atomic E-state index is 14.2. The Hall–Kier alpha value is -4.34. The van der Waals surface area contributed by atoms with Crippen molar-refractivity contribution in [3.63, 3.8) is 0 Å². The lowest BCUT2D eigenvalue weighted by molar-refractivity contribution is 0.0995. The summed E-state index contributed by atoms with van der Waals surface area (Å²) in [4.78, 5) is 24.5. The van der Waals surface area contributed by atoms with Gasteiger partial charge in [0.05, 0.1) is 17.6 Å². The first-order valence-corrected chi connectivity index (χ1v) is 8.82. The number of benzene rings is 2. The Morgan fingerprint density at radius 3 is 2.50 bits per heavy atom. The van der Waals surface area contributed by atoms with Crippen LogP contribution in [0.1, 0.15) is 26.7 Å². The Morgan fingerprint density at radius 1 is 1.03 bits per heavy atom. The van der Waals surface area contributed by atoms with Gasteiger partial charge in [0.15, 0.2) is 11.6 Å². The van der Waals surface area contributed by atoms with Crippen molar-refractivity contribution in [2.45, 2.75) is 6.92 Å². The SMILES string of the molecule is Cc1nnnn1-c1ccc(F)c(NC(=O)c2ccc(NC(=O)c3ccco3)cc2)c1. The number of hydrogen-bond acceptors (Lipinski definition) is 6. The molecule has 4 rings (SSSR count). The Kier molecular flexibility index (Phi) is 5.04. The normalized spacial score (nSPS) is 10.6. The first-order valence-electron chi connectivity index (χ1n) is 8.82. The Morgan fingerprint density at radius 2 is 1.83 bits per heavy atom. The Labute approximate surface area is 169 Å². The summed E-state index contributed by atoms with van der Waals surface area (Å²) in [5.74, 6) is -0.825. The van der Waals surface area contributed by atoms with Gasteiger partial charge in [-0.3, -0.25) is 9.59 Å². The summed E-state index contributed by atoms with van der Waals surface area (Å²) in [7, 11) is 0. The quantitative estimate of drug-likeness (QED) is 0.526. The second-order valence-electron chi connectivity index (χ2n) is 6.26. The number of hydrogen-bond donors (Lipinski definition) is 2. The van der Waals surface area contributed by atoms with Crippen molar-refractivity contribution in [3.8, 4) is 5.69 Å². The fourth-order valence-corrected chi connectivity index (χ4v) is 2.71. The molecule has 0 radical (unpaired) electrons. The van der Waals surface area contributed by atoms with Crippen LogP contribution in [0.15, 0.2) is 65.3 Å². The number of carbonyl (C=O) groups is 2. The lowest BCUT2D eigenvalue weighted by atomic mass is 10.1. The van der Waals surface area contributed by atoms with E-state index in [1.54, 1.807) is 25.1 Å². The minimum Gasteiger partial charge on any atom is -0.459 e. The summed E-state index contributed by atoms with van der Waals surface area (Å²) in [6.07, 6.45) is 1.40. The minimum atomic E-state index is -0.597. The lowest BCUT2D eigenvalue weighted by Crippen LogP contribution is -2.14. The number of rotatable bonds is 5. The number of amides is 2. The van der Waals surface area contributed by atoms with Crippen LogP contribution < -0.4 is 10.6 Å². The molecule has 150 valence electrons. The molecule has 9 nitrogen and oxygen atoms in total. The number of aryl methyl sites for hydroxylation is 1. The monoisotopic (exact) mass is 406 g/mol. The van der Waals surface area contributed by atoms with Gasteiger partial charge in [-0.25, -0.2) is 4.39 Å². The minimum absolute atomic E-state index is 0.0115. The average molecular weight is 406 g/mol. The zero-order chi connectivity index (χ0) is 21.1. The molecular weight excluding hydrogens is 391 g/mol. The lowest BCUT2D eigenvalue weighted by Gasteiger charge is -2.10. The van der Waals surface area contributed by atoms with Crippen LogP contribution in [0.5, 0.6) is 0 Å². The van der Waals surface area contributed by atoms with E-state index in [2.05, 4.69) is 26.2 Å². The van der Waals surface area contributed by atoms with Crippen LogP contribution in [0.4, 0.5) is 15.8 Å². The highest BCUT2D eigenvalue weighted by atomic mass is 19.1. The number of tetrazole rings is 1. The van der Waals surface area contributed by atoms with Gasteiger partial charge < -0.3 is 15.1 Å². The highest BCUT2D eigenvalue weighted by molar-refractivity contribution is 6.05. The predicted molar refractivity (Wildman–Crippen MR) is 105 cm³/mol. The molecule has 2 N–H and O–H groups in total. The molecule has 0 unspecified atom stereocenters. The molecule has 0 spiro atoms. The highest BCUT2D eigenvalue weighted by Crippen LogP contribution is 2.20. The third-order valence-corrected chi connectivity index (χ3v) is 4.22. The standard InChI is InChI=1S/C20H15FN6O3/c1-12-24-25-26-27(12)15-8-9-16(21)17(11-15)23-19(28)13-4-6-14(7-5-13)22-20(29)18-3-2-10-30-18/h2-11H,1H3,(H,22,29)(H,23,28). The molecule has 0 aliphatic rings. The maximum atomic E-state index is 14.2. The van der Waals surface area contributed by atoms with E-state index in [9.17, 15) is 14.0 Å². The van der Waals surface area contributed by atoms with Crippen molar-refractivity contribution in [1.82, 2.24) is 20.2 Å². The van der Waals surface area contributed by atoms with Gasteiger partial charge in [0.2, 0.25) is 0 Å². The van der Waals surface area contributed by atoms with Gasteiger partial charge in [0.1, 0.15) is 5.82 Å². The smallest absolute Gasteiger partial charge is 0.291 e. The van der Waals surface area contributed by atoms with Gasteiger partial charge >= 0.3 is 0 Å². The average Bonchev–Trinajstić information content (AvgIpc) is 3.42. The van der Waals surface area contributed by atoms with Crippen LogP contribution in [-0.4, -0.2) is 32.0 Å². The van der Waals surface area contributed by atoms with Crippen LogP contribution in [0.2, 0.25) is 0 Å². The summed E-state index contributed by atoms with van der Waals surface area (Å²) in [5.41, 5.74) is 1.26. The summed E-state index contributed by atoms with van der Waals surface area (Å²) >= 11 is 0. The molecule has 4 aromatic rings. The number of halogens is 1. The molecule has 0 bridgehead atoms. The van der Waals surface area contributed by atoms with E-state index >= 15 is 0 Å². The van der Waals surface area contributed by atoms with E-state index in [1.165, 1.54) is 47.3 Å². The molecule has 0 saturated heterocycles. The second-order valence-corrected chi connectivity index (χ2v) is 6.26. The predicted octanol–water partition coefficient (Wildman–Crippen LogP) is 3.21. The zero-order valence-electron chi connectivity index (χ0n) is 15.7. The number of furan rings is 1. The third-order valence-electron chi connectivity index (χ3n) is 4.22. The molecule has 10 heteroatoms. The fourth-order valence-electron chi connectivity index (χ4n) is 2.71. The molecule has 30 heavy (non-hydrogen) atoms. The van der Waals surface area contributed by atoms with Crippen molar-refractivity contribution in [2.24, 2.45) is 0 Å². The molecule has 0 saturated carbocycles. The van der Waals surface area contributed by atoms with Crippen LogP contribution in [0.3, 0.4) is 0 Å². The summed E-state index contributed by atoms with van der Waals surface area (Å²) in [5, 5.41) is 16.3. The van der Waals surface area contributed by atoms with E-state index in [1.807, 2.05) is 0 Å². The van der Waals surface area contributed by atoms with Crippen molar-refractivity contribution in [2.75, 3.05) is 10.6 Å². The van der Waals surface area contributed by atoms with Crippen molar-refractivity contribution < 1.29 is 18.4 Å². The third kappa shape index (κ3) is 3.92. The van der Waals surface area contributed by atoms with E-state index < -0.39 is 17.6 Å². The van der Waals surface area contributed by atoms with Gasteiger partial charge in [-0.1, -0.05) is 0 Å². The molecule has 2 aromatic carbocycles. The maximum Gasteiger partial charge on any atom is 0.291 e. The highest BCUT2D eigenvalue weighted by Gasteiger charge is 2.13.